The van der Waals surface area contributed by atoms with Gasteiger partial charge in [0.1, 0.15) is 0 Å². The highest BCUT2D eigenvalue weighted by atomic mass is 28.3. The van der Waals surface area contributed by atoms with E-state index in [-0.39, 0.29) is 0 Å². The molecule has 0 N–H and O–H groups in total. The maximum absolute atomic E-state index is 2.89. The Morgan fingerprint density at radius 2 is 0.591 bits per heavy atom. The molecule has 0 atom stereocenters. The fraction of sp³-hybridized carbons (Fsp3) is 0.900. The van der Waals surface area contributed by atoms with Crippen molar-refractivity contribution in [2.24, 2.45) is 0 Å². The van der Waals surface area contributed by atoms with Crippen molar-refractivity contribution in [1.29, 1.82) is 0 Å². The van der Waals surface area contributed by atoms with Gasteiger partial charge in [0.2, 0.25) is 0 Å². The van der Waals surface area contributed by atoms with Crippen LogP contribution >= 0.6 is 0 Å². The largest absolute Gasteiger partial charge is 0.102 e. The molecule has 0 aliphatic heterocycles. The zero-order valence-electron chi connectivity index (χ0n) is 16.6. The number of rotatable bonds is 14. The number of hydrogen-bond donors (Lipinski definition) is 0. The Morgan fingerprint density at radius 1 is 0.409 bits per heavy atom. The third kappa shape index (κ3) is 7.63. The second kappa shape index (κ2) is 12.6. The first-order chi connectivity index (χ1) is 10.6. The van der Waals surface area contributed by atoms with Gasteiger partial charge >= 0.3 is 0 Å². The van der Waals surface area contributed by atoms with Crippen molar-refractivity contribution < 1.29 is 0 Å². The third-order valence-corrected chi connectivity index (χ3v) is 16.3. The zero-order valence-corrected chi connectivity index (χ0v) is 18.6. The van der Waals surface area contributed by atoms with E-state index in [2.05, 4.69) is 52.9 Å². The van der Waals surface area contributed by atoms with E-state index in [1.54, 1.807) is 0 Å². The van der Waals surface area contributed by atoms with Crippen LogP contribution in [0.1, 0.15) is 80.1 Å². The van der Waals surface area contributed by atoms with E-state index in [1.807, 2.05) is 0 Å². The summed E-state index contributed by atoms with van der Waals surface area (Å²) in [5, 5.41) is 0. The topological polar surface area (TPSA) is 0 Å². The fourth-order valence-electron chi connectivity index (χ4n) is 4.59. The van der Waals surface area contributed by atoms with Gasteiger partial charge in [-0.2, -0.15) is 0 Å². The smallest absolute Gasteiger partial charge is 0.0768 e. The van der Waals surface area contributed by atoms with Crippen LogP contribution in [0.2, 0.25) is 36.3 Å². The predicted octanol–water partition coefficient (Wildman–Crippen LogP) is 7.98. The third-order valence-electron chi connectivity index (χ3n) is 5.28. The first-order valence-corrected chi connectivity index (χ1v) is 15.7. The van der Waals surface area contributed by atoms with Gasteiger partial charge in [-0.15, -0.1) is 11.4 Å². The maximum atomic E-state index is 2.89. The van der Waals surface area contributed by atoms with Crippen molar-refractivity contribution in [2.45, 2.75) is 116 Å². The molecule has 0 aliphatic carbocycles. The minimum absolute atomic E-state index is 1.14. The summed E-state index contributed by atoms with van der Waals surface area (Å²) in [7, 11) is -2.28. The standard InChI is InChI=1S/C20H44Si2/c1-7-13-21(14-8-2,15-9-3)19-20-22(16-10-4,17-11-5)18-12-6/h19-20H,7-18H2,1-6H3. The van der Waals surface area contributed by atoms with E-state index in [9.17, 15) is 0 Å². The monoisotopic (exact) mass is 340 g/mol. The molecule has 0 rings (SSSR count). The molecule has 0 aliphatic rings. The van der Waals surface area contributed by atoms with Gasteiger partial charge in [0, 0.05) is 0 Å². The highest BCUT2D eigenvalue weighted by Gasteiger charge is 2.31. The molecule has 0 spiro atoms. The van der Waals surface area contributed by atoms with Crippen molar-refractivity contribution >= 4 is 16.1 Å². The summed E-state index contributed by atoms with van der Waals surface area (Å²) in [5.41, 5.74) is 5.77. The van der Waals surface area contributed by atoms with Crippen LogP contribution < -0.4 is 0 Å². The van der Waals surface area contributed by atoms with Crippen molar-refractivity contribution in [1.82, 2.24) is 0 Å². The van der Waals surface area contributed by atoms with Crippen LogP contribution in [0, 0.1) is 0 Å². The molecule has 0 radical (unpaired) electrons. The van der Waals surface area contributed by atoms with Gasteiger partial charge in [-0.05, 0) is 0 Å². The van der Waals surface area contributed by atoms with E-state index in [1.165, 1.54) is 74.8 Å². The van der Waals surface area contributed by atoms with Gasteiger partial charge in [0.05, 0.1) is 16.1 Å². The quantitative estimate of drug-likeness (QED) is 0.281. The maximum Gasteiger partial charge on any atom is 0.0768 e. The SMILES string of the molecule is CCC[Si](C=C[Si](CCC)(CCC)CCC)(CCC)CCC. The molecule has 2 heteroatoms. The van der Waals surface area contributed by atoms with E-state index < -0.39 is 16.1 Å². The van der Waals surface area contributed by atoms with E-state index >= 15 is 0 Å². The summed E-state index contributed by atoms with van der Waals surface area (Å²) in [6.07, 6.45) is 8.34. The lowest BCUT2D eigenvalue weighted by molar-refractivity contribution is 0.930. The van der Waals surface area contributed by atoms with Crippen LogP contribution in [0.25, 0.3) is 0 Å². The Hall–Kier alpha value is 0.174. The average Bonchev–Trinajstić information content (AvgIpc) is 2.47. The Balaban J connectivity index is 5.40. The summed E-state index contributed by atoms with van der Waals surface area (Å²) in [6, 6.07) is 9.17. The van der Waals surface area contributed by atoms with Crippen LogP contribution in [-0.4, -0.2) is 16.1 Å². The average molecular weight is 341 g/mol. The Bertz CT molecular complexity index is 221. The second-order valence-electron chi connectivity index (χ2n) is 7.56. The zero-order chi connectivity index (χ0) is 16.9. The van der Waals surface area contributed by atoms with Crippen molar-refractivity contribution in [2.75, 3.05) is 0 Å². The van der Waals surface area contributed by atoms with Crippen LogP contribution in [0.4, 0.5) is 0 Å². The molecule has 0 saturated carbocycles. The minimum Gasteiger partial charge on any atom is -0.102 e. The molecule has 0 bridgehead atoms. The Kier molecular flexibility index (Phi) is 12.7. The summed E-state index contributed by atoms with van der Waals surface area (Å²) < 4.78 is 0. The van der Waals surface area contributed by atoms with Gasteiger partial charge in [0.25, 0.3) is 0 Å². The molecule has 0 aromatic carbocycles. The lowest BCUT2D eigenvalue weighted by atomic mass is 10.5. The summed E-state index contributed by atoms with van der Waals surface area (Å²) >= 11 is 0. The summed E-state index contributed by atoms with van der Waals surface area (Å²) in [6.45, 7) is 14.4. The van der Waals surface area contributed by atoms with Crippen LogP contribution in [0.3, 0.4) is 0 Å². The summed E-state index contributed by atoms with van der Waals surface area (Å²) in [4.78, 5) is 0. The van der Waals surface area contributed by atoms with Crippen LogP contribution in [-0.2, 0) is 0 Å². The molecule has 0 aromatic heterocycles. The highest BCUT2D eigenvalue weighted by molar-refractivity contribution is 6.89. The van der Waals surface area contributed by atoms with E-state index in [0.29, 0.717) is 0 Å². The number of hydrogen-bond acceptors (Lipinski definition) is 0. The Morgan fingerprint density at radius 3 is 0.727 bits per heavy atom. The molecular formula is C20H44Si2. The fourth-order valence-corrected chi connectivity index (χ4v) is 15.9. The first-order valence-electron chi connectivity index (χ1n) is 10.3. The van der Waals surface area contributed by atoms with E-state index in [4.69, 9.17) is 0 Å². The van der Waals surface area contributed by atoms with Crippen molar-refractivity contribution in [3.8, 4) is 0 Å². The van der Waals surface area contributed by atoms with Crippen molar-refractivity contribution in [3.63, 3.8) is 0 Å². The normalized spacial score (nSPS) is 13.2. The molecule has 0 heterocycles. The van der Waals surface area contributed by atoms with Crippen LogP contribution in [0.5, 0.6) is 0 Å². The highest BCUT2D eigenvalue weighted by Crippen LogP contribution is 2.32. The molecule has 0 unspecified atom stereocenters. The lowest BCUT2D eigenvalue weighted by Gasteiger charge is -2.32. The molecular weight excluding hydrogens is 296 g/mol. The molecule has 132 valence electrons. The first kappa shape index (κ1) is 22.2. The molecule has 0 nitrogen and oxygen atoms in total. The molecule has 22 heavy (non-hydrogen) atoms. The van der Waals surface area contributed by atoms with Crippen LogP contribution in [0.15, 0.2) is 11.4 Å². The van der Waals surface area contributed by atoms with Gasteiger partial charge in [-0.3, -0.25) is 0 Å². The summed E-state index contributed by atoms with van der Waals surface area (Å²) in [5.74, 6) is 0. The molecule has 0 saturated heterocycles. The molecule has 0 fully saturated rings. The van der Waals surface area contributed by atoms with Crippen molar-refractivity contribution in [3.05, 3.63) is 11.4 Å². The van der Waals surface area contributed by atoms with Gasteiger partial charge in [-0.1, -0.05) is 116 Å². The molecule has 0 aromatic rings. The lowest BCUT2D eigenvalue weighted by Crippen LogP contribution is -2.36. The minimum atomic E-state index is -1.14. The van der Waals surface area contributed by atoms with Gasteiger partial charge < -0.3 is 0 Å². The van der Waals surface area contributed by atoms with Gasteiger partial charge in [0.15, 0.2) is 0 Å². The molecule has 0 amide bonds. The van der Waals surface area contributed by atoms with E-state index in [0.717, 1.165) is 0 Å². The predicted molar refractivity (Wildman–Crippen MR) is 111 cm³/mol. The second-order valence-corrected chi connectivity index (χ2v) is 16.7. The Labute approximate surface area is 144 Å². The van der Waals surface area contributed by atoms with Gasteiger partial charge in [-0.25, -0.2) is 0 Å².